The molecule has 0 radical (unpaired) electrons. The number of hydrogen-bond acceptors (Lipinski definition) is 4. The molecular formula is C19H20N4O2. The van der Waals surface area contributed by atoms with E-state index in [0.29, 0.717) is 13.0 Å². The Morgan fingerprint density at radius 2 is 2.00 bits per heavy atom. The third-order valence-corrected chi connectivity index (χ3v) is 4.48. The maximum absolute atomic E-state index is 12.3. The smallest absolute Gasteiger partial charge is 0.253 e. The van der Waals surface area contributed by atoms with Crippen LogP contribution < -0.4 is 11.1 Å². The van der Waals surface area contributed by atoms with Gasteiger partial charge in [-0.3, -0.25) is 4.79 Å². The first-order chi connectivity index (χ1) is 12.2. The second-order valence-electron chi connectivity index (χ2n) is 6.23. The van der Waals surface area contributed by atoms with E-state index < -0.39 is 6.10 Å². The highest BCUT2D eigenvalue weighted by Crippen LogP contribution is 2.23. The molecule has 0 saturated carbocycles. The van der Waals surface area contributed by atoms with Crippen molar-refractivity contribution in [3.63, 3.8) is 0 Å². The highest BCUT2D eigenvalue weighted by molar-refractivity contribution is 5.94. The molecule has 2 atom stereocenters. The van der Waals surface area contributed by atoms with Gasteiger partial charge in [-0.05, 0) is 49.2 Å². The summed E-state index contributed by atoms with van der Waals surface area (Å²) in [5.74, 6) is 0.691. The number of para-hydroxylation sites is 2. The third-order valence-electron chi connectivity index (χ3n) is 4.48. The summed E-state index contributed by atoms with van der Waals surface area (Å²) in [6.07, 6.45) is 1.12. The summed E-state index contributed by atoms with van der Waals surface area (Å²) in [6.45, 7) is 0.454. The van der Waals surface area contributed by atoms with Gasteiger partial charge in [-0.15, -0.1) is 0 Å². The lowest BCUT2D eigenvalue weighted by molar-refractivity contribution is -0.126. The van der Waals surface area contributed by atoms with E-state index >= 15 is 0 Å². The van der Waals surface area contributed by atoms with Gasteiger partial charge in [-0.25, -0.2) is 4.98 Å². The van der Waals surface area contributed by atoms with Crippen LogP contribution in [0.4, 0.5) is 5.69 Å². The maximum Gasteiger partial charge on any atom is 0.253 e. The molecule has 0 spiro atoms. The Bertz CT molecular complexity index is 855. The van der Waals surface area contributed by atoms with E-state index in [2.05, 4.69) is 15.3 Å². The largest absolute Gasteiger partial charge is 0.364 e. The van der Waals surface area contributed by atoms with Gasteiger partial charge in [-0.1, -0.05) is 12.1 Å². The molecule has 3 aromatic rings. The third kappa shape index (κ3) is 3.26. The lowest BCUT2D eigenvalue weighted by Crippen LogP contribution is -2.29. The number of aromatic amines is 1. The molecule has 128 valence electrons. The Hall–Kier alpha value is -2.70. The van der Waals surface area contributed by atoms with Gasteiger partial charge in [-0.2, -0.15) is 0 Å². The summed E-state index contributed by atoms with van der Waals surface area (Å²) < 4.78 is 5.62. The average Bonchev–Trinajstić information content (AvgIpc) is 3.29. The van der Waals surface area contributed by atoms with Gasteiger partial charge in [0.1, 0.15) is 11.9 Å². The van der Waals surface area contributed by atoms with Gasteiger partial charge in [0, 0.05) is 17.8 Å². The van der Waals surface area contributed by atoms with Crippen LogP contribution in [-0.4, -0.2) is 34.6 Å². The van der Waals surface area contributed by atoms with Crippen molar-refractivity contribution in [3.05, 3.63) is 48.5 Å². The van der Waals surface area contributed by atoms with Crippen LogP contribution in [0.2, 0.25) is 0 Å². The lowest BCUT2D eigenvalue weighted by atomic mass is 10.1. The fraction of sp³-hybridized carbons (Fsp3) is 0.263. The number of nitrogens with one attached hydrogen (secondary N) is 2. The van der Waals surface area contributed by atoms with Crippen LogP contribution in [0.1, 0.15) is 12.8 Å². The molecule has 0 unspecified atom stereocenters. The molecule has 1 aromatic heterocycles. The molecule has 0 bridgehead atoms. The molecule has 2 heterocycles. The number of carbonyl (C=O) groups excluding carboxylic acids is 1. The number of aromatic nitrogens is 2. The Labute approximate surface area is 145 Å². The monoisotopic (exact) mass is 336 g/mol. The fourth-order valence-corrected chi connectivity index (χ4v) is 3.10. The van der Waals surface area contributed by atoms with E-state index in [4.69, 9.17) is 10.5 Å². The van der Waals surface area contributed by atoms with Crippen molar-refractivity contribution < 1.29 is 9.53 Å². The quantitative estimate of drug-likeness (QED) is 0.683. The summed E-state index contributed by atoms with van der Waals surface area (Å²) in [7, 11) is 0. The first-order valence-corrected chi connectivity index (χ1v) is 8.44. The Morgan fingerprint density at radius 3 is 2.72 bits per heavy atom. The van der Waals surface area contributed by atoms with E-state index in [1.54, 1.807) is 0 Å². The molecule has 25 heavy (non-hydrogen) atoms. The zero-order chi connectivity index (χ0) is 17.2. The number of imidazole rings is 1. The number of H-pyrrole nitrogens is 1. The molecule has 1 fully saturated rings. The summed E-state index contributed by atoms with van der Waals surface area (Å²) in [5.41, 5.74) is 9.23. The van der Waals surface area contributed by atoms with Crippen LogP contribution in [0.15, 0.2) is 48.5 Å². The molecule has 4 rings (SSSR count). The van der Waals surface area contributed by atoms with Crippen molar-refractivity contribution in [1.82, 2.24) is 9.97 Å². The van der Waals surface area contributed by atoms with Gasteiger partial charge < -0.3 is 20.8 Å². The van der Waals surface area contributed by atoms with Gasteiger partial charge in [0.25, 0.3) is 5.91 Å². The topological polar surface area (TPSA) is 93.0 Å². The summed E-state index contributed by atoms with van der Waals surface area (Å²) in [5, 5.41) is 2.90. The first-order valence-electron chi connectivity index (χ1n) is 8.44. The number of nitrogens with two attached hydrogens (primary N) is 1. The van der Waals surface area contributed by atoms with Crippen molar-refractivity contribution in [2.24, 2.45) is 5.73 Å². The van der Waals surface area contributed by atoms with Gasteiger partial charge in [0.2, 0.25) is 0 Å². The maximum atomic E-state index is 12.3. The summed E-state index contributed by atoms with van der Waals surface area (Å²) in [6, 6.07) is 15.5. The van der Waals surface area contributed by atoms with Crippen LogP contribution in [0.3, 0.4) is 0 Å². The van der Waals surface area contributed by atoms with E-state index in [1.165, 1.54) is 0 Å². The molecule has 6 nitrogen and oxygen atoms in total. The average molecular weight is 336 g/mol. The normalized spacial score (nSPS) is 20.0. The first kappa shape index (κ1) is 15.8. The molecular weight excluding hydrogens is 316 g/mol. The van der Waals surface area contributed by atoms with Gasteiger partial charge in [0.05, 0.1) is 17.1 Å². The number of hydrogen-bond donors (Lipinski definition) is 3. The Morgan fingerprint density at radius 1 is 1.20 bits per heavy atom. The van der Waals surface area contributed by atoms with Gasteiger partial charge in [0.15, 0.2) is 0 Å². The predicted octanol–water partition coefficient (Wildman–Crippen LogP) is 2.67. The second-order valence-corrected chi connectivity index (χ2v) is 6.23. The highest BCUT2D eigenvalue weighted by Gasteiger charge is 2.29. The minimum atomic E-state index is -0.413. The number of carbonyl (C=O) groups is 1. The molecule has 1 aliphatic heterocycles. The number of amides is 1. The van der Waals surface area contributed by atoms with Gasteiger partial charge >= 0.3 is 0 Å². The molecule has 4 N–H and O–H groups in total. The molecule has 1 aliphatic rings. The molecule has 2 aromatic carbocycles. The van der Waals surface area contributed by atoms with E-state index in [1.807, 2.05) is 48.5 Å². The highest BCUT2D eigenvalue weighted by atomic mass is 16.5. The predicted molar refractivity (Wildman–Crippen MR) is 97.1 cm³/mol. The SMILES string of the molecule is NC[C@H]1CC[C@@H](C(=O)Nc2ccc(-c3nc4ccccc4[nH]3)cc2)O1. The van der Waals surface area contributed by atoms with Crippen molar-refractivity contribution in [2.75, 3.05) is 11.9 Å². The second kappa shape index (κ2) is 6.66. The molecule has 1 saturated heterocycles. The number of anilines is 1. The number of nitrogens with zero attached hydrogens (tertiary/aromatic N) is 1. The lowest BCUT2D eigenvalue weighted by Gasteiger charge is -2.12. The van der Waals surface area contributed by atoms with Crippen LogP contribution in [0, 0.1) is 0 Å². The van der Waals surface area contributed by atoms with Crippen LogP contribution in [0.25, 0.3) is 22.4 Å². The van der Waals surface area contributed by atoms with Crippen molar-refractivity contribution in [3.8, 4) is 11.4 Å². The fourth-order valence-electron chi connectivity index (χ4n) is 3.10. The van der Waals surface area contributed by atoms with Crippen LogP contribution in [-0.2, 0) is 9.53 Å². The van der Waals surface area contributed by atoms with Crippen molar-refractivity contribution in [1.29, 1.82) is 0 Å². The van der Waals surface area contributed by atoms with Crippen LogP contribution in [0.5, 0.6) is 0 Å². The minimum Gasteiger partial charge on any atom is -0.364 e. The zero-order valence-corrected chi connectivity index (χ0v) is 13.7. The zero-order valence-electron chi connectivity index (χ0n) is 13.7. The number of fused-ring (bicyclic) bond motifs is 1. The number of ether oxygens (including phenoxy) is 1. The van der Waals surface area contributed by atoms with Crippen LogP contribution >= 0.6 is 0 Å². The summed E-state index contributed by atoms with van der Waals surface area (Å²) >= 11 is 0. The van der Waals surface area contributed by atoms with E-state index in [9.17, 15) is 4.79 Å². The summed E-state index contributed by atoms with van der Waals surface area (Å²) in [4.78, 5) is 20.1. The minimum absolute atomic E-state index is 0.00814. The molecule has 1 amide bonds. The Kier molecular flexibility index (Phi) is 4.21. The standard InChI is InChI=1S/C19H20N4O2/c20-11-14-9-10-17(25-14)19(24)21-13-7-5-12(6-8-13)18-22-15-3-1-2-4-16(15)23-18/h1-8,14,17H,9-11,20H2,(H,21,24)(H,22,23)/t14-,17+/m1/s1. The van der Waals surface area contributed by atoms with E-state index in [0.717, 1.165) is 34.5 Å². The van der Waals surface area contributed by atoms with Crippen molar-refractivity contribution >= 4 is 22.6 Å². The molecule has 6 heteroatoms. The molecule has 0 aliphatic carbocycles. The number of benzene rings is 2. The number of rotatable bonds is 4. The Balaban J connectivity index is 1.46. The van der Waals surface area contributed by atoms with E-state index in [-0.39, 0.29) is 12.0 Å². The van der Waals surface area contributed by atoms with Crippen molar-refractivity contribution in [2.45, 2.75) is 25.0 Å².